The van der Waals surface area contributed by atoms with Crippen molar-refractivity contribution in [3.63, 3.8) is 0 Å². The summed E-state index contributed by atoms with van der Waals surface area (Å²) in [5.41, 5.74) is 0.228. The van der Waals surface area contributed by atoms with E-state index in [0.29, 0.717) is 12.5 Å². The molecule has 1 unspecified atom stereocenters. The number of aromatic amines is 1. The summed E-state index contributed by atoms with van der Waals surface area (Å²) in [5.74, 6) is 0.150. The zero-order valence-corrected chi connectivity index (χ0v) is 11.2. The van der Waals surface area contributed by atoms with Crippen LogP contribution in [0.2, 0.25) is 0 Å². The van der Waals surface area contributed by atoms with Crippen LogP contribution in [-0.4, -0.2) is 35.4 Å². The molecular weight excluding hydrogens is 272 g/mol. The molecule has 1 aromatic rings. The second-order valence-corrected chi connectivity index (χ2v) is 4.42. The molecule has 0 aromatic carbocycles. The van der Waals surface area contributed by atoms with Crippen LogP contribution in [0.15, 0.2) is 12.1 Å². The number of nitrogens with zero attached hydrogens (tertiary/aromatic N) is 1. The van der Waals surface area contributed by atoms with E-state index in [1.54, 1.807) is 0 Å². The van der Waals surface area contributed by atoms with Gasteiger partial charge in [-0.05, 0) is 42.8 Å². The fraction of sp³-hybridized carbons (Fsp3) is 0.545. The van der Waals surface area contributed by atoms with Crippen LogP contribution in [0.1, 0.15) is 23.3 Å². The third-order valence-electron chi connectivity index (χ3n) is 3.11. The fourth-order valence-electron chi connectivity index (χ4n) is 2.07. The molecule has 1 atom stereocenters. The van der Waals surface area contributed by atoms with E-state index in [9.17, 15) is 14.9 Å². The van der Waals surface area contributed by atoms with Crippen LogP contribution < -0.4 is 10.6 Å². The molecule has 1 aromatic heterocycles. The van der Waals surface area contributed by atoms with E-state index in [1.807, 2.05) is 0 Å². The van der Waals surface area contributed by atoms with E-state index in [2.05, 4.69) is 15.6 Å². The predicted octanol–water partition coefficient (Wildman–Crippen LogP) is 1.07. The number of nitrogens with one attached hydrogen (secondary N) is 3. The van der Waals surface area contributed by atoms with Crippen molar-refractivity contribution in [3.8, 4) is 0 Å². The number of carbonyl (C=O) groups is 1. The number of hydrogen-bond donors (Lipinski definition) is 3. The van der Waals surface area contributed by atoms with Gasteiger partial charge in [-0.1, -0.05) is 0 Å². The highest BCUT2D eigenvalue weighted by Gasteiger charge is 2.17. The SMILES string of the molecule is Cl.O=C(NCCC1CCNC1)c1ccc([N+](=O)[O-])[nH]1. The first-order valence-electron chi connectivity index (χ1n) is 5.99. The number of nitro groups is 1. The maximum atomic E-state index is 11.7. The Hall–Kier alpha value is -1.60. The second-order valence-electron chi connectivity index (χ2n) is 4.42. The van der Waals surface area contributed by atoms with Crippen molar-refractivity contribution in [1.29, 1.82) is 0 Å². The van der Waals surface area contributed by atoms with Gasteiger partial charge < -0.3 is 20.7 Å². The van der Waals surface area contributed by atoms with Crippen LogP contribution >= 0.6 is 12.4 Å². The monoisotopic (exact) mass is 288 g/mol. The van der Waals surface area contributed by atoms with Crippen molar-refractivity contribution >= 4 is 24.1 Å². The number of halogens is 1. The molecular formula is C11H17ClN4O3. The summed E-state index contributed by atoms with van der Waals surface area (Å²) in [4.78, 5) is 24.0. The Morgan fingerprint density at radius 1 is 1.53 bits per heavy atom. The Morgan fingerprint density at radius 2 is 2.32 bits per heavy atom. The maximum absolute atomic E-state index is 11.7. The molecule has 2 heterocycles. The first-order chi connectivity index (χ1) is 8.66. The summed E-state index contributed by atoms with van der Waals surface area (Å²) < 4.78 is 0. The summed E-state index contributed by atoms with van der Waals surface area (Å²) in [6, 6.07) is 2.71. The molecule has 19 heavy (non-hydrogen) atoms. The standard InChI is InChI=1S/C11H16N4O3.ClH/c16-11(9-1-2-10(14-9)15(17)18)13-6-4-8-3-5-12-7-8;/h1-2,8,12,14H,3-7H2,(H,13,16);1H. The first-order valence-corrected chi connectivity index (χ1v) is 5.99. The number of rotatable bonds is 5. The van der Waals surface area contributed by atoms with Gasteiger partial charge in [0.2, 0.25) is 0 Å². The average Bonchev–Trinajstić information content (AvgIpc) is 2.99. The third-order valence-corrected chi connectivity index (χ3v) is 3.11. The van der Waals surface area contributed by atoms with Gasteiger partial charge in [-0.15, -0.1) is 12.4 Å². The Morgan fingerprint density at radius 3 is 2.89 bits per heavy atom. The van der Waals surface area contributed by atoms with Crippen LogP contribution in [0.3, 0.4) is 0 Å². The van der Waals surface area contributed by atoms with Gasteiger partial charge in [0, 0.05) is 12.6 Å². The molecule has 0 saturated carbocycles. The zero-order chi connectivity index (χ0) is 13.0. The van der Waals surface area contributed by atoms with Gasteiger partial charge in [0.1, 0.15) is 0 Å². The van der Waals surface area contributed by atoms with Crippen LogP contribution in [0, 0.1) is 16.0 Å². The average molecular weight is 289 g/mol. The molecule has 1 aliphatic heterocycles. The third kappa shape index (κ3) is 4.22. The van der Waals surface area contributed by atoms with Gasteiger partial charge in [-0.25, -0.2) is 4.98 Å². The molecule has 1 fully saturated rings. The van der Waals surface area contributed by atoms with E-state index >= 15 is 0 Å². The van der Waals surface area contributed by atoms with Gasteiger partial charge in [-0.2, -0.15) is 0 Å². The van der Waals surface area contributed by atoms with Gasteiger partial charge in [0.15, 0.2) is 5.69 Å². The molecule has 3 N–H and O–H groups in total. The molecule has 2 rings (SSSR count). The Bertz CT molecular complexity index is 443. The van der Waals surface area contributed by atoms with Crippen LogP contribution in [0.4, 0.5) is 5.82 Å². The van der Waals surface area contributed by atoms with Crippen molar-refractivity contribution in [2.75, 3.05) is 19.6 Å². The highest BCUT2D eigenvalue weighted by Crippen LogP contribution is 2.12. The minimum absolute atomic E-state index is 0. The van der Waals surface area contributed by atoms with Crippen LogP contribution in [0.25, 0.3) is 0 Å². The van der Waals surface area contributed by atoms with E-state index in [4.69, 9.17) is 0 Å². The van der Waals surface area contributed by atoms with Crippen molar-refractivity contribution < 1.29 is 9.72 Å². The predicted molar refractivity (Wildman–Crippen MR) is 72.6 cm³/mol. The molecule has 0 spiro atoms. The quantitative estimate of drug-likeness (QED) is 0.557. The summed E-state index contributed by atoms with van der Waals surface area (Å²) in [6.45, 7) is 2.64. The topological polar surface area (TPSA) is 100 Å². The minimum atomic E-state index is -0.555. The van der Waals surface area contributed by atoms with Gasteiger partial charge in [-0.3, -0.25) is 4.79 Å². The molecule has 0 radical (unpaired) electrons. The lowest BCUT2D eigenvalue weighted by Crippen LogP contribution is -2.26. The lowest BCUT2D eigenvalue weighted by molar-refractivity contribution is -0.389. The van der Waals surface area contributed by atoms with E-state index in [-0.39, 0.29) is 29.8 Å². The lowest BCUT2D eigenvalue weighted by atomic mass is 10.1. The van der Waals surface area contributed by atoms with Crippen molar-refractivity contribution in [2.24, 2.45) is 5.92 Å². The van der Waals surface area contributed by atoms with Crippen LogP contribution in [0.5, 0.6) is 0 Å². The summed E-state index contributed by atoms with van der Waals surface area (Å²) in [5, 5.41) is 16.5. The van der Waals surface area contributed by atoms with Gasteiger partial charge in [0.05, 0.1) is 0 Å². The smallest absolute Gasteiger partial charge is 0.321 e. The molecule has 7 nitrogen and oxygen atoms in total. The normalized spacial score (nSPS) is 17.8. The highest BCUT2D eigenvalue weighted by atomic mass is 35.5. The van der Waals surface area contributed by atoms with Gasteiger partial charge in [0.25, 0.3) is 5.91 Å². The number of carbonyl (C=O) groups excluding carboxylic acids is 1. The lowest BCUT2D eigenvalue weighted by Gasteiger charge is -2.07. The zero-order valence-electron chi connectivity index (χ0n) is 10.3. The second kappa shape index (κ2) is 7.10. The largest absolute Gasteiger partial charge is 0.358 e. The minimum Gasteiger partial charge on any atom is -0.358 e. The fourth-order valence-corrected chi connectivity index (χ4v) is 2.07. The maximum Gasteiger partial charge on any atom is 0.321 e. The van der Waals surface area contributed by atoms with Crippen molar-refractivity contribution in [3.05, 3.63) is 27.9 Å². The molecule has 0 aliphatic carbocycles. The Balaban J connectivity index is 0.00000180. The molecule has 0 bridgehead atoms. The highest BCUT2D eigenvalue weighted by molar-refractivity contribution is 5.92. The summed E-state index contributed by atoms with van der Waals surface area (Å²) in [7, 11) is 0. The Kier molecular flexibility index (Phi) is 5.78. The number of hydrogen-bond acceptors (Lipinski definition) is 4. The summed E-state index contributed by atoms with van der Waals surface area (Å²) in [6.07, 6.45) is 2.07. The van der Waals surface area contributed by atoms with Gasteiger partial charge >= 0.3 is 5.82 Å². The van der Waals surface area contributed by atoms with E-state index < -0.39 is 4.92 Å². The van der Waals surface area contributed by atoms with Crippen LogP contribution in [-0.2, 0) is 0 Å². The van der Waals surface area contributed by atoms with Crippen molar-refractivity contribution in [2.45, 2.75) is 12.8 Å². The molecule has 1 amide bonds. The first kappa shape index (κ1) is 15.5. The van der Waals surface area contributed by atoms with Crippen molar-refractivity contribution in [1.82, 2.24) is 15.6 Å². The Labute approximate surface area is 116 Å². The number of amides is 1. The van der Waals surface area contributed by atoms with E-state index in [0.717, 1.165) is 25.9 Å². The molecule has 8 heteroatoms. The number of aromatic nitrogens is 1. The summed E-state index contributed by atoms with van der Waals surface area (Å²) >= 11 is 0. The van der Waals surface area contributed by atoms with E-state index in [1.165, 1.54) is 12.1 Å². The molecule has 106 valence electrons. The molecule has 1 aliphatic rings. The number of H-pyrrole nitrogens is 1. The molecule has 1 saturated heterocycles.